The zero-order chi connectivity index (χ0) is 23.7. The number of aromatic nitrogens is 2. The summed E-state index contributed by atoms with van der Waals surface area (Å²) in [6.45, 7) is 3.15. The lowest BCUT2D eigenvalue weighted by Crippen LogP contribution is -2.38. The fraction of sp³-hybridized carbons (Fsp3) is 0.250. The van der Waals surface area contributed by atoms with Crippen molar-refractivity contribution in [1.29, 1.82) is 0 Å². The molecule has 1 fully saturated rings. The third-order valence-corrected chi connectivity index (χ3v) is 6.77. The number of amides is 1. The molecule has 0 N–H and O–H groups in total. The van der Waals surface area contributed by atoms with Crippen LogP contribution in [-0.4, -0.2) is 32.9 Å². The van der Waals surface area contributed by atoms with Crippen LogP contribution in [0, 0.1) is 6.92 Å². The lowest BCUT2D eigenvalue weighted by atomic mass is 10.1. The number of rotatable bonds is 5. The molecule has 5 nitrogen and oxygen atoms in total. The van der Waals surface area contributed by atoms with Gasteiger partial charge in [0.15, 0.2) is 0 Å². The molecule has 1 unspecified atom stereocenters. The molecule has 1 aromatic heterocycles. The summed E-state index contributed by atoms with van der Waals surface area (Å²) in [6, 6.07) is 22.8. The van der Waals surface area contributed by atoms with Gasteiger partial charge >= 0.3 is 0 Å². The van der Waals surface area contributed by atoms with Crippen molar-refractivity contribution in [2.24, 2.45) is 0 Å². The van der Waals surface area contributed by atoms with Crippen molar-refractivity contribution in [3.8, 4) is 0 Å². The van der Waals surface area contributed by atoms with Gasteiger partial charge in [0.1, 0.15) is 5.82 Å². The summed E-state index contributed by atoms with van der Waals surface area (Å²) in [5.74, 6) is 0.709. The fourth-order valence-corrected chi connectivity index (χ4v) is 4.88. The molecule has 1 atom stereocenters. The summed E-state index contributed by atoms with van der Waals surface area (Å²) < 4.78 is 1.75. The number of benzene rings is 3. The fourth-order valence-electron chi connectivity index (χ4n) is 4.71. The van der Waals surface area contributed by atoms with Gasteiger partial charge in [-0.15, -0.1) is 0 Å². The third-order valence-electron chi connectivity index (χ3n) is 6.53. The van der Waals surface area contributed by atoms with E-state index in [1.165, 1.54) is 0 Å². The Morgan fingerprint density at radius 1 is 1.06 bits per heavy atom. The highest BCUT2D eigenvalue weighted by atomic mass is 35.5. The maximum Gasteiger partial charge on any atom is 0.261 e. The van der Waals surface area contributed by atoms with Crippen molar-refractivity contribution in [3.63, 3.8) is 0 Å². The van der Waals surface area contributed by atoms with Gasteiger partial charge < -0.3 is 4.90 Å². The maximum atomic E-state index is 13.5. The first-order valence-corrected chi connectivity index (χ1v) is 12.0. The number of hydrogen-bond acceptors (Lipinski definition) is 3. The number of carbonyl (C=O) groups excluding carboxylic acids is 1. The van der Waals surface area contributed by atoms with Gasteiger partial charge in [-0.2, -0.15) is 0 Å². The first kappa shape index (κ1) is 22.4. The van der Waals surface area contributed by atoms with Gasteiger partial charge in [-0.25, -0.2) is 4.98 Å². The minimum atomic E-state index is -0.0880. The quantitative estimate of drug-likeness (QED) is 0.399. The third kappa shape index (κ3) is 4.48. The van der Waals surface area contributed by atoms with Crippen LogP contribution in [0.2, 0.25) is 5.02 Å². The number of halogens is 1. The number of aryl methyl sites for hydroxylation is 1. The van der Waals surface area contributed by atoms with Gasteiger partial charge in [0, 0.05) is 29.6 Å². The van der Waals surface area contributed by atoms with Crippen molar-refractivity contribution >= 4 is 28.4 Å². The Morgan fingerprint density at radius 2 is 1.82 bits per heavy atom. The van der Waals surface area contributed by atoms with E-state index >= 15 is 0 Å². The molecule has 2 heterocycles. The van der Waals surface area contributed by atoms with Gasteiger partial charge in [0.2, 0.25) is 0 Å². The number of fused-ring (bicyclic) bond motifs is 1. The van der Waals surface area contributed by atoms with E-state index in [4.69, 9.17) is 16.6 Å². The topological polar surface area (TPSA) is 55.2 Å². The SMILES string of the molecule is Cc1ccc(C(=O)N2CCCC2Cc2nc3cc(Cl)ccc3c(=O)n2Cc2ccccc2)cc1. The van der Waals surface area contributed by atoms with E-state index in [0.717, 1.165) is 24.0 Å². The second-order valence-corrected chi connectivity index (χ2v) is 9.37. The Hall–Kier alpha value is -3.44. The van der Waals surface area contributed by atoms with Crippen LogP contribution >= 0.6 is 11.6 Å². The molecular weight excluding hydrogens is 446 g/mol. The summed E-state index contributed by atoms with van der Waals surface area (Å²) in [5.41, 5.74) is 3.34. The second-order valence-electron chi connectivity index (χ2n) is 8.93. The molecule has 0 aliphatic carbocycles. The lowest BCUT2D eigenvalue weighted by Gasteiger charge is -2.26. The van der Waals surface area contributed by atoms with Crippen molar-refractivity contribution in [2.45, 2.75) is 38.8 Å². The van der Waals surface area contributed by atoms with Crippen LogP contribution in [0.15, 0.2) is 77.6 Å². The number of carbonyl (C=O) groups is 1. The average molecular weight is 472 g/mol. The van der Waals surface area contributed by atoms with Crippen molar-refractivity contribution in [2.75, 3.05) is 6.54 Å². The van der Waals surface area contributed by atoms with Crippen molar-refractivity contribution < 1.29 is 4.79 Å². The summed E-state index contributed by atoms with van der Waals surface area (Å²) in [5, 5.41) is 1.09. The number of hydrogen-bond donors (Lipinski definition) is 0. The molecule has 1 aliphatic heterocycles. The van der Waals surface area contributed by atoms with Crippen LogP contribution in [0.1, 0.15) is 40.2 Å². The molecule has 0 bridgehead atoms. The second kappa shape index (κ2) is 9.43. The van der Waals surface area contributed by atoms with E-state index in [1.807, 2.05) is 66.4 Å². The van der Waals surface area contributed by atoms with E-state index in [0.29, 0.717) is 46.8 Å². The van der Waals surface area contributed by atoms with Crippen LogP contribution in [0.4, 0.5) is 0 Å². The molecule has 1 saturated heterocycles. The molecule has 0 saturated carbocycles. The Labute approximate surface area is 203 Å². The molecule has 1 aliphatic rings. The Balaban J connectivity index is 1.52. The molecular formula is C28H26ClN3O2. The summed E-state index contributed by atoms with van der Waals surface area (Å²) in [6.07, 6.45) is 2.33. The highest BCUT2D eigenvalue weighted by molar-refractivity contribution is 6.31. The Bertz CT molecular complexity index is 1400. The maximum absolute atomic E-state index is 13.5. The standard InChI is InChI=1S/C28H26ClN3O2/c1-19-9-11-21(12-10-19)27(33)31-15-5-8-23(31)17-26-30-25-16-22(29)13-14-24(25)28(34)32(26)18-20-6-3-2-4-7-20/h2-4,6-7,9-14,16,23H,5,8,15,17-18H2,1H3. The molecule has 0 spiro atoms. The van der Waals surface area contributed by atoms with Crippen LogP contribution in [0.5, 0.6) is 0 Å². The minimum absolute atomic E-state index is 0.0145. The predicted octanol–water partition coefficient (Wildman–Crippen LogP) is 5.25. The van der Waals surface area contributed by atoms with Crippen LogP contribution < -0.4 is 5.56 Å². The van der Waals surface area contributed by atoms with E-state index in [-0.39, 0.29) is 17.5 Å². The molecule has 3 aromatic carbocycles. The molecule has 1 amide bonds. The largest absolute Gasteiger partial charge is 0.335 e. The predicted molar refractivity (Wildman–Crippen MR) is 135 cm³/mol. The van der Waals surface area contributed by atoms with Crippen LogP contribution in [-0.2, 0) is 13.0 Å². The Morgan fingerprint density at radius 3 is 2.59 bits per heavy atom. The van der Waals surface area contributed by atoms with E-state index in [2.05, 4.69) is 0 Å². The molecule has 34 heavy (non-hydrogen) atoms. The molecule has 172 valence electrons. The van der Waals surface area contributed by atoms with Gasteiger partial charge in [-0.1, -0.05) is 59.6 Å². The van der Waals surface area contributed by atoms with Crippen LogP contribution in [0.3, 0.4) is 0 Å². The van der Waals surface area contributed by atoms with Gasteiger partial charge in [-0.3, -0.25) is 14.2 Å². The minimum Gasteiger partial charge on any atom is -0.335 e. The van der Waals surface area contributed by atoms with E-state index < -0.39 is 0 Å². The van der Waals surface area contributed by atoms with Crippen molar-refractivity contribution in [3.05, 3.63) is 111 Å². The summed E-state index contributed by atoms with van der Waals surface area (Å²) in [7, 11) is 0. The Kier molecular flexibility index (Phi) is 6.20. The molecule has 0 radical (unpaired) electrons. The average Bonchev–Trinajstić information content (AvgIpc) is 3.30. The first-order chi connectivity index (χ1) is 16.5. The van der Waals surface area contributed by atoms with E-state index in [1.54, 1.807) is 22.8 Å². The number of likely N-dealkylation sites (tertiary alicyclic amines) is 1. The van der Waals surface area contributed by atoms with E-state index in [9.17, 15) is 9.59 Å². The summed E-state index contributed by atoms with van der Waals surface area (Å²) in [4.78, 5) is 33.6. The molecule has 5 rings (SSSR count). The van der Waals surface area contributed by atoms with Gasteiger partial charge in [0.05, 0.1) is 17.4 Å². The highest BCUT2D eigenvalue weighted by Crippen LogP contribution is 2.24. The molecule has 6 heteroatoms. The highest BCUT2D eigenvalue weighted by Gasteiger charge is 2.31. The smallest absolute Gasteiger partial charge is 0.261 e. The van der Waals surface area contributed by atoms with Crippen molar-refractivity contribution in [1.82, 2.24) is 14.5 Å². The first-order valence-electron chi connectivity index (χ1n) is 11.6. The zero-order valence-corrected chi connectivity index (χ0v) is 19.8. The monoisotopic (exact) mass is 471 g/mol. The lowest BCUT2D eigenvalue weighted by molar-refractivity contribution is 0.0734. The molecule has 4 aromatic rings. The van der Waals surface area contributed by atoms with Gasteiger partial charge in [0.25, 0.3) is 11.5 Å². The van der Waals surface area contributed by atoms with Crippen LogP contribution in [0.25, 0.3) is 10.9 Å². The normalized spacial score (nSPS) is 15.7. The zero-order valence-electron chi connectivity index (χ0n) is 19.1. The number of nitrogens with zero attached hydrogens (tertiary/aromatic N) is 3. The van der Waals surface area contributed by atoms with Gasteiger partial charge in [-0.05, 0) is 55.7 Å². The summed E-state index contributed by atoms with van der Waals surface area (Å²) >= 11 is 6.21.